The number of cyclic esters (lactones) is 1. The van der Waals surface area contributed by atoms with Gasteiger partial charge in [0.25, 0.3) is 0 Å². The SMILES string of the molecule is NC1CCC(OC2CCOC2=O)C1. The zero-order valence-corrected chi connectivity index (χ0v) is 7.57. The van der Waals surface area contributed by atoms with Crippen LogP contribution in [0.4, 0.5) is 0 Å². The van der Waals surface area contributed by atoms with Crippen molar-refractivity contribution in [2.45, 2.75) is 43.9 Å². The fourth-order valence-corrected chi connectivity index (χ4v) is 1.93. The molecule has 3 atom stereocenters. The van der Waals surface area contributed by atoms with Crippen molar-refractivity contribution < 1.29 is 14.3 Å². The molecule has 4 nitrogen and oxygen atoms in total. The summed E-state index contributed by atoms with van der Waals surface area (Å²) in [6.45, 7) is 0.502. The molecule has 74 valence electrons. The van der Waals surface area contributed by atoms with E-state index in [1.807, 2.05) is 0 Å². The normalized spacial score (nSPS) is 39.5. The summed E-state index contributed by atoms with van der Waals surface area (Å²) in [5, 5.41) is 0. The summed E-state index contributed by atoms with van der Waals surface area (Å²) in [5.74, 6) is -0.208. The number of ether oxygens (including phenoxy) is 2. The molecule has 0 aromatic carbocycles. The molecule has 1 heterocycles. The first-order valence-corrected chi connectivity index (χ1v) is 4.83. The predicted octanol–water partition coefficient (Wildman–Crippen LogP) is 0.198. The second-order valence-electron chi connectivity index (χ2n) is 3.78. The standard InChI is InChI=1S/C9H15NO3/c10-6-1-2-7(5-6)13-8-3-4-12-9(8)11/h6-8H,1-5,10H2. The summed E-state index contributed by atoms with van der Waals surface area (Å²) in [5.41, 5.74) is 5.74. The Morgan fingerprint density at radius 3 is 2.77 bits per heavy atom. The summed E-state index contributed by atoms with van der Waals surface area (Å²) < 4.78 is 10.4. The zero-order valence-electron chi connectivity index (χ0n) is 7.57. The van der Waals surface area contributed by atoms with Gasteiger partial charge in [0.05, 0.1) is 12.7 Å². The molecule has 1 saturated carbocycles. The van der Waals surface area contributed by atoms with Gasteiger partial charge in [-0.15, -0.1) is 0 Å². The lowest BCUT2D eigenvalue weighted by molar-refractivity contribution is -0.150. The molecule has 13 heavy (non-hydrogen) atoms. The molecule has 4 heteroatoms. The Hall–Kier alpha value is -0.610. The van der Waals surface area contributed by atoms with Crippen LogP contribution in [0.25, 0.3) is 0 Å². The third-order valence-corrected chi connectivity index (χ3v) is 2.67. The summed E-state index contributed by atoms with van der Waals surface area (Å²) in [7, 11) is 0. The van der Waals surface area contributed by atoms with E-state index in [4.69, 9.17) is 15.2 Å². The maximum absolute atomic E-state index is 11.1. The molecule has 2 rings (SSSR count). The van der Waals surface area contributed by atoms with Crippen molar-refractivity contribution in [3.8, 4) is 0 Å². The van der Waals surface area contributed by atoms with Gasteiger partial charge in [-0.2, -0.15) is 0 Å². The van der Waals surface area contributed by atoms with Gasteiger partial charge in [-0.3, -0.25) is 0 Å². The number of carbonyl (C=O) groups excluding carboxylic acids is 1. The van der Waals surface area contributed by atoms with Crippen molar-refractivity contribution in [3.05, 3.63) is 0 Å². The molecule has 0 spiro atoms. The summed E-state index contributed by atoms with van der Waals surface area (Å²) in [6, 6.07) is 0.252. The first-order chi connectivity index (χ1) is 6.25. The highest BCUT2D eigenvalue weighted by Gasteiger charge is 2.32. The van der Waals surface area contributed by atoms with Crippen molar-refractivity contribution in [1.29, 1.82) is 0 Å². The Balaban J connectivity index is 1.81. The zero-order chi connectivity index (χ0) is 9.26. The quantitative estimate of drug-likeness (QED) is 0.624. The van der Waals surface area contributed by atoms with E-state index < -0.39 is 0 Å². The molecule has 1 aliphatic carbocycles. The van der Waals surface area contributed by atoms with E-state index in [-0.39, 0.29) is 24.2 Å². The van der Waals surface area contributed by atoms with Crippen molar-refractivity contribution in [2.75, 3.05) is 6.61 Å². The fourth-order valence-electron chi connectivity index (χ4n) is 1.93. The largest absolute Gasteiger partial charge is 0.464 e. The van der Waals surface area contributed by atoms with Gasteiger partial charge in [0.2, 0.25) is 0 Å². The van der Waals surface area contributed by atoms with Gasteiger partial charge >= 0.3 is 5.97 Å². The van der Waals surface area contributed by atoms with Crippen LogP contribution < -0.4 is 5.73 Å². The van der Waals surface area contributed by atoms with Crippen LogP contribution in [0.1, 0.15) is 25.7 Å². The summed E-state index contributed by atoms with van der Waals surface area (Å²) in [6.07, 6.45) is 3.41. The van der Waals surface area contributed by atoms with Gasteiger partial charge in [0.1, 0.15) is 0 Å². The highest BCUT2D eigenvalue weighted by atomic mass is 16.6. The average Bonchev–Trinajstić information content (AvgIpc) is 2.64. The van der Waals surface area contributed by atoms with Crippen molar-refractivity contribution in [2.24, 2.45) is 5.73 Å². The lowest BCUT2D eigenvalue weighted by Crippen LogP contribution is -2.25. The van der Waals surface area contributed by atoms with Crippen LogP contribution in [-0.2, 0) is 14.3 Å². The van der Waals surface area contributed by atoms with Gasteiger partial charge in [-0.05, 0) is 19.3 Å². The van der Waals surface area contributed by atoms with E-state index in [1.54, 1.807) is 0 Å². The molecule has 0 aromatic heterocycles. The lowest BCUT2D eigenvalue weighted by atomic mass is 10.2. The monoisotopic (exact) mass is 185 g/mol. The minimum Gasteiger partial charge on any atom is -0.464 e. The van der Waals surface area contributed by atoms with Crippen LogP contribution in [0.15, 0.2) is 0 Å². The van der Waals surface area contributed by atoms with Crippen molar-refractivity contribution in [1.82, 2.24) is 0 Å². The number of rotatable bonds is 2. The minimum atomic E-state index is -0.324. The summed E-state index contributed by atoms with van der Waals surface area (Å²) >= 11 is 0. The third-order valence-electron chi connectivity index (χ3n) is 2.67. The fraction of sp³-hybridized carbons (Fsp3) is 0.889. The molecule has 0 bridgehead atoms. The molecular weight excluding hydrogens is 170 g/mol. The first kappa shape index (κ1) is 8.97. The molecule has 2 N–H and O–H groups in total. The van der Waals surface area contributed by atoms with Crippen LogP contribution in [0.5, 0.6) is 0 Å². The Morgan fingerprint density at radius 2 is 2.23 bits per heavy atom. The topological polar surface area (TPSA) is 61.6 Å². The second kappa shape index (κ2) is 3.64. The van der Waals surface area contributed by atoms with E-state index in [1.165, 1.54) is 0 Å². The van der Waals surface area contributed by atoms with Gasteiger partial charge < -0.3 is 15.2 Å². The van der Waals surface area contributed by atoms with E-state index in [0.29, 0.717) is 13.0 Å². The van der Waals surface area contributed by atoms with E-state index >= 15 is 0 Å². The molecule has 2 aliphatic rings. The maximum Gasteiger partial charge on any atom is 0.335 e. The Labute approximate surface area is 77.4 Å². The van der Waals surface area contributed by atoms with E-state index in [2.05, 4.69) is 0 Å². The van der Waals surface area contributed by atoms with Crippen molar-refractivity contribution >= 4 is 5.97 Å². The van der Waals surface area contributed by atoms with E-state index in [0.717, 1.165) is 19.3 Å². The van der Waals surface area contributed by atoms with Gasteiger partial charge in [-0.25, -0.2) is 4.79 Å². The number of nitrogens with two attached hydrogens (primary N) is 1. The van der Waals surface area contributed by atoms with Crippen molar-refractivity contribution in [3.63, 3.8) is 0 Å². The second-order valence-corrected chi connectivity index (χ2v) is 3.78. The molecule has 1 saturated heterocycles. The smallest absolute Gasteiger partial charge is 0.335 e. The molecule has 0 aromatic rings. The molecule has 2 fully saturated rings. The van der Waals surface area contributed by atoms with Crippen LogP contribution >= 0.6 is 0 Å². The minimum absolute atomic E-state index is 0.172. The molecule has 0 radical (unpaired) electrons. The number of hydrogen-bond donors (Lipinski definition) is 1. The highest BCUT2D eigenvalue weighted by Crippen LogP contribution is 2.24. The molecular formula is C9H15NO3. The van der Waals surface area contributed by atoms with Crippen LogP contribution in [0.2, 0.25) is 0 Å². The van der Waals surface area contributed by atoms with Gasteiger partial charge in [0.15, 0.2) is 6.10 Å². The Bertz CT molecular complexity index is 207. The summed E-state index contributed by atoms with van der Waals surface area (Å²) in [4.78, 5) is 11.1. The van der Waals surface area contributed by atoms with Gasteiger partial charge in [-0.1, -0.05) is 0 Å². The maximum atomic E-state index is 11.1. The van der Waals surface area contributed by atoms with Crippen LogP contribution in [0, 0.1) is 0 Å². The average molecular weight is 185 g/mol. The van der Waals surface area contributed by atoms with Crippen LogP contribution in [0.3, 0.4) is 0 Å². The van der Waals surface area contributed by atoms with E-state index in [9.17, 15) is 4.79 Å². The number of carbonyl (C=O) groups is 1. The van der Waals surface area contributed by atoms with Gasteiger partial charge in [0, 0.05) is 12.5 Å². The molecule has 0 amide bonds. The molecule has 3 unspecified atom stereocenters. The Morgan fingerprint density at radius 1 is 1.38 bits per heavy atom. The highest BCUT2D eigenvalue weighted by molar-refractivity contribution is 5.76. The third kappa shape index (κ3) is 2.00. The number of hydrogen-bond acceptors (Lipinski definition) is 4. The predicted molar refractivity (Wildman–Crippen MR) is 46.1 cm³/mol. The van der Waals surface area contributed by atoms with Crippen LogP contribution in [-0.4, -0.2) is 30.8 Å². The molecule has 1 aliphatic heterocycles. The Kier molecular flexibility index (Phi) is 2.51. The first-order valence-electron chi connectivity index (χ1n) is 4.83. The number of esters is 1. The lowest BCUT2D eigenvalue weighted by Gasteiger charge is -2.14.